The molecule has 2 aromatic carbocycles. The number of nitrogens with zero attached hydrogens (tertiary/aromatic N) is 2. The molecule has 5 nitrogen and oxygen atoms in total. The lowest BCUT2D eigenvalue weighted by Gasteiger charge is -2.23. The molecule has 0 aliphatic heterocycles. The SMILES string of the molecule is CCNC(=NCCCS(=O)(=O)Cc1ccccc1)N(C)Cc1ccccc1C. The number of nitrogens with one attached hydrogen (secondary N) is 1. The normalized spacial score (nSPS) is 12.0. The lowest BCUT2D eigenvalue weighted by Crippen LogP contribution is -2.38. The first-order chi connectivity index (χ1) is 13.4. The Balaban J connectivity index is 1.90. The third-order valence-electron chi connectivity index (χ3n) is 4.47. The lowest BCUT2D eigenvalue weighted by atomic mass is 10.1. The summed E-state index contributed by atoms with van der Waals surface area (Å²) in [4.78, 5) is 6.69. The Hall–Kier alpha value is -2.34. The van der Waals surface area contributed by atoms with Gasteiger partial charge in [-0.25, -0.2) is 8.42 Å². The molecule has 6 heteroatoms. The van der Waals surface area contributed by atoms with Crippen LogP contribution in [0.25, 0.3) is 0 Å². The Morgan fingerprint density at radius 1 is 1.07 bits per heavy atom. The molecule has 2 aromatic rings. The number of rotatable bonds is 9. The van der Waals surface area contributed by atoms with Crippen molar-refractivity contribution in [3.8, 4) is 0 Å². The summed E-state index contributed by atoms with van der Waals surface area (Å²) in [6.45, 7) is 6.13. The number of guanidine groups is 1. The summed E-state index contributed by atoms with van der Waals surface area (Å²) in [5.41, 5.74) is 3.33. The van der Waals surface area contributed by atoms with Crippen LogP contribution < -0.4 is 5.32 Å². The first kappa shape index (κ1) is 22.0. The maximum atomic E-state index is 12.3. The van der Waals surface area contributed by atoms with Crippen LogP contribution in [0.15, 0.2) is 59.6 Å². The van der Waals surface area contributed by atoms with Crippen molar-refractivity contribution in [3.05, 3.63) is 71.3 Å². The Morgan fingerprint density at radius 2 is 1.75 bits per heavy atom. The minimum absolute atomic E-state index is 0.0881. The van der Waals surface area contributed by atoms with Crippen molar-refractivity contribution in [1.29, 1.82) is 0 Å². The first-order valence-corrected chi connectivity index (χ1v) is 11.5. The minimum atomic E-state index is -3.12. The van der Waals surface area contributed by atoms with E-state index < -0.39 is 9.84 Å². The molecule has 0 saturated heterocycles. The molecule has 0 aliphatic rings. The molecule has 0 unspecified atom stereocenters. The molecule has 0 bridgehead atoms. The fourth-order valence-electron chi connectivity index (χ4n) is 2.96. The van der Waals surface area contributed by atoms with Crippen molar-refractivity contribution in [2.75, 3.05) is 25.9 Å². The monoisotopic (exact) mass is 401 g/mol. The van der Waals surface area contributed by atoms with Crippen molar-refractivity contribution < 1.29 is 8.42 Å². The van der Waals surface area contributed by atoms with E-state index in [0.29, 0.717) is 13.0 Å². The van der Waals surface area contributed by atoms with Gasteiger partial charge in [0.1, 0.15) is 0 Å². The van der Waals surface area contributed by atoms with E-state index in [1.54, 1.807) is 0 Å². The Labute approximate surface area is 169 Å². The Bertz CT molecular complexity index is 864. The number of aliphatic imine (C=N–C) groups is 1. The summed E-state index contributed by atoms with van der Waals surface area (Å²) in [5, 5.41) is 3.29. The van der Waals surface area contributed by atoms with Gasteiger partial charge in [-0.05, 0) is 37.0 Å². The topological polar surface area (TPSA) is 61.8 Å². The molecule has 0 radical (unpaired) electrons. The second-order valence-corrected chi connectivity index (χ2v) is 9.13. The van der Waals surface area contributed by atoms with E-state index in [1.165, 1.54) is 11.1 Å². The van der Waals surface area contributed by atoms with Crippen molar-refractivity contribution in [2.45, 2.75) is 32.6 Å². The van der Waals surface area contributed by atoms with Crippen LogP contribution in [0.5, 0.6) is 0 Å². The van der Waals surface area contributed by atoms with Crippen molar-refractivity contribution in [3.63, 3.8) is 0 Å². The van der Waals surface area contributed by atoms with Crippen molar-refractivity contribution in [2.24, 2.45) is 4.99 Å². The zero-order chi connectivity index (χ0) is 20.4. The number of hydrogen-bond acceptors (Lipinski definition) is 3. The number of sulfone groups is 1. The second kappa shape index (κ2) is 10.9. The summed E-state index contributed by atoms with van der Waals surface area (Å²) in [5.74, 6) is 1.03. The zero-order valence-corrected chi connectivity index (χ0v) is 17.9. The fraction of sp³-hybridized carbons (Fsp3) is 0.409. The minimum Gasteiger partial charge on any atom is -0.357 e. The average molecular weight is 402 g/mol. The molecule has 0 atom stereocenters. The molecule has 0 aromatic heterocycles. The summed E-state index contributed by atoms with van der Waals surface area (Å²) in [7, 11) is -1.12. The van der Waals surface area contributed by atoms with Crippen LogP contribution >= 0.6 is 0 Å². The molecule has 1 N–H and O–H groups in total. The van der Waals surface area contributed by atoms with Crippen LogP contribution in [0.4, 0.5) is 0 Å². The van der Waals surface area contributed by atoms with E-state index in [4.69, 9.17) is 0 Å². The van der Waals surface area contributed by atoms with Crippen LogP contribution in [0, 0.1) is 6.92 Å². The van der Waals surface area contributed by atoms with Gasteiger partial charge in [0.05, 0.1) is 11.5 Å². The van der Waals surface area contributed by atoms with Gasteiger partial charge in [0, 0.05) is 26.7 Å². The number of benzene rings is 2. The summed E-state index contributed by atoms with van der Waals surface area (Å²) in [6.07, 6.45) is 0.516. The third-order valence-corrected chi connectivity index (χ3v) is 6.15. The quantitative estimate of drug-likeness (QED) is 0.397. The Kier molecular flexibility index (Phi) is 8.51. The van der Waals surface area contributed by atoms with Crippen molar-refractivity contribution >= 4 is 15.8 Å². The van der Waals surface area contributed by atoms with Gasteiger partial charge in [0.25, 0.3) is 0 Å². The van der Waals surface area contributed by atoms with Gasteiger partial charge >= 0.3 is 0 Å². The molecule has 0 fully saturated rings. The van der Waals surface area contributed by atoms with Gasteiger partial charge in [-0.1, -0.05) is 54.6 Å². The van der Waals surface area contributed by atoms with Gasteiger partial charge in [0.2, 0.25) is 0 Å². The Morgan fingerprint density at radius 3 is 2.43 bits per heavy atom. The predicted octanol–water partition coefficient (Wildman–Crippen LogP) is 3.40. The maximum absolute atomic E-state index is 12.3. The van der Waals surface area contributed by atoms with Gasteiger partial charge in [-0.15, -0.1) is 0 Å². The maximum Gasteiger partial charge on any atom is 0.193 e. The molecule has 0 amide bonds. The largest absolute Gasteiger partial charge is 0.357 e. The summed E-state index contributed by atoms with van der Waals surface area (Å²) >= 11 is 0. The highest BCUT2D eigenvalue weighted by Crippen LogP contribution is 2.10. The van der Waals surface area contributed by atoms with E-state index >= 15 is 0 Å². The first-order valence-electron chi connectivity index (χ1n) is 9.69. The standard InChI is InChI=1S/C22H31N3O2S/c1-4-23-22(25(3)17-21-14-9-8-11-19(21)2)24-15-10-16-28(26,27)18-20-12-6-5-7-13-20/h5-9,11-14H,4,10,15-18H2,1-3H3,(H,23,24). The highest BCUT2D eigenvalue weighted by atomic mass is 32.2. The van der Waals surface area contributed by atoms with E-state index in [0.717, 1.165) is 24.6 Å². The average Bonchev–Trinajstić information content (AvgIpc) is 2.66. The smallest absolute Gasteiger partial charge is 0.193 e. The molecule has 28 heavy (non-hydrogen) atoms. The van der Waals surface area contributed by atoms with Crippen LogP contribution in [-0.2, 0) is 22.1 Å². The lowest BCUT2D eigenvalue weighted by molar-refractivity contribution is 0.475. The highest BCUT2D eigenvalue weighted by molar-refractivity contribution is 7.90. The fourth-order valence-corrected chi connectivity index (χ4v) is 4.37. The van der Waals surface area contributed by atoms with E-state index in [9.17, 15) is 8.42 Å². The third kappa shape index (κ3) is 7.35. The van der Waals surface area contributed by atoms with Crippen molar-refractivity contribution in [1.82, 2.24) is 10.2 Å². The van der Waals surface area contributed by atoms with Crippen LogP contribution in [0.2, 0.25) is 0 Å². The number of aryl methyl sites for hydroxylation is 1. The van der Waals surface area contributed by atoms with E-state index in [-0.39, 0.29) is 11.5 Å². The molecular weight excluding hydrogens is 370 g/mol. The molecule has 0 aliphatic carbocycles. The number of hydrogen-bond donors (Lipinski definition) is 1. The molecular formula is C22H31N3O2S. The van der Waals surface area contributed by atoms with Gasteiger partial charge in [-0.3, -0.25) is 4.99 Å². The molecule has 0 heterocycles. The predicted molar refractivity (Wildman–Crippen MR) is 117 cm³/mol. The van der Waals surface area contributed by atoms with E-state index in [2.05, 4.69) is 34.3 Å². The summed E-state index contributed by atoms with van der Waals surface area (Å²) in [6, 6.07) is 17.6. The second-order valence-electron chi connectivity index (χ2n) is 6.95. The van der Waals surface area contributed by atoms with Gasteiger partial charge in [-0.2, -0.15) is 0 Å². The van der Waals surface area contributed by atoms with Gasteiger partial charge < -0.3 is 10.2 Å². The molecule has 2 rings (SSSR count). The van der Waals surface area contributed by atoms with E-state index in [1.807, 2.05) is 56.4 Å². The van der Waals surface area contributed by atoms with Crippen LogP contribution in [0.1, 0.15) is 30.0 Å². The van der Waals surface area contributed by atoms with Crippen LogP contribution in [0.3, 0.4) is 0 Å². The highest BCUT2D eigenvalue weighted by Gasteiger charge is 2.12. The van der Waals surface area contributed by atoms with Crippen LogP contribution in [-0.4, -0.2) is 45.2 Å². The molecule has 0 saturated carbocycles. The van der Waals surface area contributed by atoms with Gasteiger partial charge in [0.15, 0.2) is 15.8 Å². The molecule has 152 valence electrons. The molecule has 0 spiro atoms. The summed E-state index contributed by atoms with van der Waals surface area (Å²) < 4.78 is 24.6. The zero-order valence-electron chi connectivity index (χ0n) is 17.1.